The number of sulfonamides is 1. The molecule has 2 heterocycles. The van der Waals surface area contributed by atoms with Crippen LogP contribution in [0.25, 0.3) is 0 Å². The van der Waals surface area contributed by atoms with Gasteiger partial charge in [-0.1, -0.05) is 13.3 Å². The molecule has 32 heavy (non-hydrogen) atoms. The lowest BCUT2D eigenvalue weighted by Gasteiger charge is -2.33. The summed E-state index contributed by atoms with van der Waals surface area (Å²) < 4.78 is 28.3. The Bertz CT molecular complexity index is 989. The number of hydrogen-bond acceptors (Lipinski definition) is 4. The smallest absolute Gasteiger partial charge is 0.243 e. The van der Waals surface area contributed by atoms with E-state index in [1.807, 2.05) is 18.9 Å². The lowest BCUT2D eigenvalue weighted by atomic mass is 9.98. The predicted molar refractivity (Wildman–Crippen MR) is 124 cm³/mol. The van der Waals surface area contributed by atoms with Gasteiger partial charge < -0.3 is 9.80 Å². The van der Waals surface area contributed by atoms with Crippen LogP contribution in [0.15, 0.2) is 23.1 Å². The van der Waals surface area contributed by atoms with Crippen molar-refractivity contribution in [3.63, 3.8) is 0 Å². The van der Waals surface area contributed by atoms with Crippen molar-refractivity contribution in [1.29, 1.82) is 0 Å². The number of piperidine rings is 1. The summed E-state index contributed by atoms with van der Waals surface area (Å²) in [5.41, 5.74) is 1.76. The summed E-state index contributed by atoms with van der Waals surface area (Å²) in [4.78, 5) is 29.4. The normalized spacial score (nSPS) is 23.8. The number of nitrogens with zero attached hydrogens (tertiary/aromatic N) is 3. The quantitative estimate of drug-likeness (QED) is 0.625. The van der Waals surface area contributed by atoms with E-state index in [9.17, 15) is 18.0 Å². The van der Waals surface area contributed by atoms with Crippen molar-refractivity contribution in [2.24, 2.45) is 11.8 Å². The molecule has 2 aliphatic heterocycles. The van der Waals surface area contributed by atoms with Gasteiger partial charge in [0, 0.05) is 44.3 Å². The van der Waals surface area contributed by atoms with E-state index in [-0.39, 0.29) is 41.1 Å². The van der Waals surface area contributed by atoms with E-state index in [2.05, 4.69) is 6.92 Å². The zero-order chi connectivity index (χ0) is 23.0. The van der Waals surface area contributed by atoms with Gasteiger partial charge in [-0.2, -0.15) is 4.31 Å². The minimum atomic E-state index is -3.69. The Balaban J connectivity index is 1.50. The third-order valence-electron chi connectivity index (χ3n) is 7.03. The van der Waals surface area contributed by atoms with Crippen molar-refractivity contribution in [1.82, 2.24) is 9.21 Å². The molecule has 1 aromatic carbocycles. The predicted octanol–water partition coefficient (Wildman–Crippen LogP) is 3.03. The molecule has 7 nitrogen and oxygen atoms in total. The number of unbranched alkanes of at least 4 members (excludes halogenated alkanes) is 1. The number of fused-ring (bicyclic) bond motifs is 1. The first-order valence-electron chi connectivity index (χ1n) is 11.9. The van der Waals surface area contributed by atoms with Crippen LogP contribution in [0.1, 0.15) is 57.9 Å². The summed E-state index contributed by atoms with van der Waals surface area (Å²) in [5, 5.41) is 0. The minimum Gasteiger partial charge on any atom is -0.345 e. The number of benzene rings is 1. The van der Waals surface area contributed by atoms with Gasteiger partial charge in [0.15, 0.2) is 0 Å². The van der Waals surface area contributed by atoms with E-state index in [0.29, 0.717) is 25.9 Å². The summed E-state index contributed by atoms with van der Waals surface area (Å²) >= 11 is 0. The highest BCUT2D eigenvalue weighted by molar-refractivity contribution is 7.89. The minimum absolute atomic E-state index is 0.0374. The Morgan fingerprint density at radius 2 is 1.91 bits per heavy atom. The van der Waals surface area contributed by atoms with Crippen LogP contribution < -0.4 is 4.90 Å². The molecule has 0 unspecified atom stereocenters. The van der Waals surface area contributed by atoms with E-state index in [4.69, 9.17) is 0 Å². The molecular formula is C24H35N3O4S. The van der Waals surface area contributed by atoms with Crippen LogP contribution in [-0.2, 0) is 26.0 Å². The van der Waals surface area contributed by atoms with E-state index < -0.39 is 10.0 Å². The van der Waals surface area contributed by atoms with E-state index in [0.717, 1.165) is 43.4 Å². The lowest BCUT2D eigenvalue weighted by molar-refractivity contribution is -0.135. The van der Waals surface area contributed by atoms with Gasteiger partial charge in [0.1, 0.15) is 0 Å². The first-order chi connectivity index (χ1) is 15.2. The highest BCUT2D eigenvalue weighted by Gasteiger charge is 2.40. The lowest BCUT2D eigenvalue weighted by Crippen LogP contribution is -2.46. The molecule has 2 atom stereocenters. The van der Waals surface area contributed by atoms with Gasteiger partial charge in [0.2, 0.25) is 21.8 Å². The molecule has 3 aliphatic rings. The molecule has 176 valence electrons. The molecule has 0 spiro atoms. The van der Waals surface area contributed by atoms with E-state index in [1.54, 1.807) is 23.1 Å². The van der Waals surface area contributed by atoms with Gasteiger partial charge >= 0.3 is 0 Å². The second-order valence-corrected chi connectivity index (χ2v) is 11.6. The molecule has 1 aromatic rings. The Hall–Kier alpha value is -1.93. The molecular weight excluding hydrogens is 426 g/mol. The largest absolute Gasteiger partial charge is 0.345 e. The SMILES string of the molecule is CCCCN(C)C(=O)[C@H]1CCCN(S(=O)(=O)c2ccc3c(c2)C[C@@H](C)N3C(=O)C2CC2)C1. The van der Waals surface area contributed by atoms with E-state index >= 15 is 0 Å². The topological polar surface area (TPSA) is 78.0 Å². The standard InChI is InChI=1S/C24H35N3O4S/c1-4-5-12-25(3)23(28)19-7-6-13-26(16-19)32(30,31)21-10-11-22-20(15-21)14-17(2)27(22)24(29)18-8-9-18/h10-11,15,17-19H,4-9,12-14,16H2,1-3H3/t17-,19+/m1/s1. The summed E-state index contributed by atoms with van der Waals surface area (Å²) in [5.74, 6) is 0.0402. The molecule has 0 aromatic heterocycles. The molecule has 1 saturated heterocycles. The molecule has 2 amide bonds. The number of carbonyl (C=O) groups is 2. The highest BCUT2D eigenvalue weighted by atomic mass is 32.2. The van der Waals surface area contributed by atoms with Crippen LogP contribution in [0.5, 0.6) is 0 Å². The van der Waals surface area contributed by atoms with Gasteiger partial charge in [0.05, 0.1) is 10.8 Å². The fourth-order valence-electron chi connectivity index (χ4n) is 4.96. The molecule has 0 bridgehead atoms. The monoisotopic (exact) mass is 461 g/mol. The average molecular weight is 462 g/mol. The van der Waals surface area contributed by atoms with Gasteiger partial charge in [-0.05, 0) is 69.2 Å². The van der Waals surface area contributed by atoms with Crippen molar-refractivity contribution in [3.8, 4) is 0 Å². The summed E-state index contributed by atoms with van der Waals surface area (Å²) in [7, 11) is -1.89. The van der Waals surface area contributed by atoms with Gasteiger partial charge in [-0.3, -0.25) is 9.59 Å². The van der Waals surface area contributed by atoms with Gasteiger partial charge in [-0.25, -0.2) is 8.42 Å². The number of hydrogen-bond donors (Lipinski definition) is 0. The number of amides is 2. The second kappa shape index (κ2) is 9.14. The highest BCUT2D eigenvalue weighted by Crippen LogP contribution is 2.40. The maximum absolute atomic E-state index is 13.4. The fourth-order valence-corrected chi connectivity index (χ4v) is 6.53. The Labute approximate surface area is 191 Å². The molecule has 1 saturated carbocycles. The molecule has 8 heteroatoms. The van der Waals surface area contributed by atoms with Crippen molar-refractivity contribution in [2.45, 2.75) is 69.7 Å². The summed E-state index contributed by atoms with van der Waals surface area (Å²) in [6.07, 6.45) is 5.94. The Morgan fingerprint density at radius 1 is 1.16 bits per heavy atom. The number of anilines is 1. The fraction of sp³-hybridized carbons (Fsp3) is 0.667. The van der Waals surface area contributed by atoms with Gasteiger partial charge in [0.25, 0.3) is 0 Å². The maximum atomic E-state index is 13.4. The van der Waals surface area contributed by atoms with Crippen molar-refractivity contribution in [2.75, 3.05) is 31.6 Å². The van der Waals surface area contributed by atoms with Crippen LogP contribution in [0.2, 0.25) is 0 Å². The van der Waals surface area contributed by atoms with Crippen LogP contribution in [0.3, 0.4) is 0 Å². The van der Waals surface area contributed by atoms with Crippen molar-refractivity contribution >= 4 is 27.5 Å². The first kappa shape index (κ1) is 23.2. The van der Waals surface area contributed by atoms with Crippen LogP contribution in [0.4, 0.5) is 5.69 Å². The third kappa shape index (κ3) is 4.44. The second-order valence-electron chi connectivity index (χ2n) is 9.64. The molecule has 4 rings (SSSR count). The zero-order valence-corrected chi connectivity index (χ0v) is 20.2. The zero-order valence-electron chi connectivity index (χ0n) is 19.4. The first-order valence-corrected chi connectivity index (χ1v) is 13.4. The summed E-state index contributed by atoms with van der Waals surface area (Å²) in [6.45, 7) is 5.48. The molecule has 0 radical (unpaired) electrons. The van der Waals surface area contributed by atoms with Gasteiger partial charge in [-0.15, -0.1) is 0 Å². The maximum Gasteiger partial charge on any atom is 0.243 e. The van der Waals surface area contributed by atoms with Crippen LogP contribution in [0, 0.1) is 11.8 Å². The Morgan fingerprint density at radius 3 is 2.59 bits per heavy atom. The summed E-state index contributed by atoms with van der Waals surface area (Å²) in [6, 6.07) is 5.20. The molecule has 0 N–H and O–H groups in total. The van der Waals surface area contributed by atoms with Crippen LogP contribution in [-0.4, -0.2) is 62.2 Å². The molecule has 2 fully saturated rings. The van der Waals surface area contributed by atoms with E-state index in [1.165, 1.54) is 4.31 Å². The number of carbonyl (C=O) groups excluding carboxylic acids is 2. The number of rotatable bonds is 7. The average Bonchev–Trinajstić information content (AvgIpc) is 3.58. The Kier molecular flexibility index (Phi) is 6.63. The molecule has 1 aliphatic carbocycles. The van der Waals surface area contributed by atoms with Crippen LogP contribution >= 0.6 is 0 Å². The van der Waals surface area contributed by atoms with Crippen molar-refractivity contribution in [3.05, 3.63) is 23.8 Å². The van der Waals surface area contributed by atoms with Crippen molar-refractivity contribution < 1.29 is 18.0 Å². The third-order valence-corrected chi connectivity index (χ3v) is 8.89.